The number of fused-ring (bicyclic) bond motifs is 1. The molecule has 162 valence electrons. The summed E-state index contributed by atoms with van der Waals surface area (Å²) in [7, 11) is 0. The molecule has 0 radical (unpaired) electrons. The number of anilines is 1. The van der Waals surface area contributed by atoms with Gasteiger partial charge < -0.3 is 15.4 Å². The number of hydrogen-bond donors (Lipinski definition) is 2. The molecular formula is C23H26ClN5O2. The van der Waals surface area contributed by atoms with E-state index in [1.165, 1.54) is 0 Å². The van der Waals surface area contributed by atoms with Gasteiger partial charge in [-0.2, -0.15) is 5.10 Å². The molecule has 1 saturated heterocycles. The molecular weight excluding hydrogens is 414 g/mol. The number of aromatic nitrogens is 3. The van der Waals surface area contributed by atoms with Gasteiger partial charge in [0.05, 0.1) is 23.2 Å². The molecule has 1 amide bonds. The highest BCUT2D eigenvalue weighted by molar-refractivity contribution is 6.29. The van der Waals surface area contributed by atoms with Gasteiger partial charge in [-0.05, 0) is 57.2 Å². The maximum absolute atomic E-state index is 12.4. The molecule has 1 atom stereocenters. The molecule has 1 aromatic carbocycles. The Kier molecular flexibility index (Phi) is 5.10. The molecule has 0 spiro atoms. The summed E-state index contributed by atoms with van der Waals surface area (Å²) >= 11 is 6.34. The zero-order valence-electron chi connectivity index (χ0n) is 17.7. The minimum Gasteiger partial charge on any atom is -0.379 e. The predicted molar refractivity (Wildman–Crippen MR) is 121 cm³/mol. The Hall–Kier alpha value is -2.64. The molecule has 2 N–H and O–H groups in total. The van der Waals surface area contributed by atoms with Crippen molar-refractivity contribution < 1.29 is 9.53 Å². The number of rotatable bonds is 6. The number of nitrogens with zero attached hydrogens (tertiary/aromatic N) is 3. The first kappa shape index (κ1) is 20.3. The molecule has 1 aliphatic heterocycles. The zero-order chi connectivity index (χ0) is 21.6. The first-order chi connectivity index (χ1) is 14.9. The number of carbonyl (C=O) groups is 1. The van der Waals surface area contributed by atoms with Crippen molar-refractivity contribution in [3.63, 3.8) is 0 Å². The van der Waals surface area contributed by atoms with E-state index in [9.17, 15) is 4.79 Å². The van der Waals surface area contributed by atoms with Gasteiger partial charge in [0.25, 0.3) is 5.91 Å². The number of halogens is 1. The van der Waals surface area contributed by atoms with Gasteiger partial charge in [0.15, 0.2) is 10.8 Å². The van der Waals surface area contributed by atoms with Crippen LogP contribution in [0.25, 0.3) is 16.9 Å². The van der Waals surface area contributed by atoms with Gasteiger partial charge in [-0.25, -0.2) is 9.50 Å². The molecule has 5 rings (SSSR count). The Morgan fingerprint density at radius 3 is 2.90 bits per heavy atom. The fraction of sp³-hybridized carbons (Fsp3) is 0.435. The van der Waals surface area contributed by atoms with Crippen molar-refractivity contribution in [3.05, 3.63) is 46.7 Å². The lowest BCUT2D eigenvalue weighted by atomic mass is 10.0. The number of ether oxygens (including phenoxy) is 1. The summed E-state index contributed by atoms with van der Waals surface area (Å²) in [5.41, 5.74) is 4.70. The molecule has 1 saturated carbocycles. The fourth-order valence-corrected chi connectivity index (χ4v) is 4.28. The molecule has 0 bridgehead atoms. The molecule has 3 heterocycles. The van der Waals surface area contributed by atoms with Crippen LogP contribution in [-0.4, -0.2) is 45.3 Å². The van der Waals surface area contributed by atoms with Crippen LogP contribution in [0.1, 0.15) is 48.5 Å². The van der Waals surface area contributed by atoms with Gasteiger partial charge in [0.2, 0.25) is 0 Å². The second-order valence-corrected chi connectivity index (χ2v) is 9.18. The minimum absolute atomic E-state index is 0.0139. The van der Waals surface area contributed by atoms with Crippen molar-refractivity contribution in [2.24, 2.45) is 0 Å². The van der Waals surface area contributed by atoms with Crippen LogP contribution in [0.2, 0.25) is 5.15 Å². The van der Waals surface area contributed by atoms with Gasteiger partial charge in [-0.1, -0.05) is 17.7 Å². The van der Waals surface area contributed by atoms with Crippen LogP contribution in [0.5, 0.6) is 0 Å². The third-order valence-corrected chi connectivity index (χ3v) is 6.26. The van der Waals surface area contributed by atoms with E-state index in [2.05, 4.69) is 27.6 Å². The summed E-state index contributed by atoms with van der Waals surface area (Å²) in [6, 6.07) is 7.92. The number of benzene rings is 1. The van der Waals surface area contributed by atoms with Crippen molar-refractivity contribution in [1.29, 1.82) is 0 Å². The highest BCUT2D eigenvalue weighted by Gasteiger charge is 2.30. The van der Waals surface area contributed by atoms with Gasteiger partial charge >= 0.3 is 0 Å². The van der Waals surface area contributed by atoms with Crippen LogP contribution in [0.4, 0.5) is 5.69 Å². The normalized spacial score (nSPS) is 20.9. The Morgan fingerprint density at radius 1 is 1.35 bits per heavy atom. The van der Waals surface area contributed by atoms with E-state index in [4.69, 9.17) is 16.3 Å². The number of imidazole rings is 1. The summed E-state index contributed by atoms with van der Waals surface area (Å²) in [5.74, 6) is -0.0139. The third kappa shape index (κ3) is 4.12. The zero-order valence-corrected chi connectivity index (χ0v) is 18.5. The van der Waals surface area contributed by atoms with E-state index in [1.807, 2.05) is 25.1 Å². The summed E-state index contributed by atoms with van der Waals surface area (Å²) in [4.78, 5) is 17.0. The third-order valence-electron chi connectivity index (χ3n) is 6.07. The van der Waals surface area contributed by atoms with E-state index in [-0.39, 0.29) is 11.5 Å². The SMILES string of the molecule is Cc1cc(-c2cnc3c(NCC4(C)CCCO4)cc(Cl)nn23)ccc1C(=O)NC1CC1. The number of carbonyl (C=O) groups excluding carboxylic acids is 1. The molecule has 2 fully saturated rings. The van der Waals surface area contributed by atoms with E-state index in [0.717, 1.165) is 54.8 Å². The number of nitrogens with one attached hydrogen (secondary N) is 2. The van der Waals surface area contributed by atoms with Gasteiger partial charge in [-0.15, -0.1) is 0 Å². The van der Waals surface area contributed by atoms with Crippen molar-refractivity contribution >= 4 is 28.8 Å². The first-order valence-corrected chi connectivity index (χ1v) is 11.1. The molecule has 7 nitrogen and oxygen atoms in total. The van der Waals surface area contributed by atoms with E-state index in [1.54, 1.807) is 16.8 Å². The summed E-state index contributed by atoms with van der Waals surface area (Å²) in [6.07, 6.45) is 6.02. The van der Waals surface area contributed by atoms with E-state index in [0.29, 0.717) is 29.0 Å². The van der Waals surface area contributed by atoms with Crippen molar-refractivity contribution in [1.82, 2.24) is 19.9 Å². The summed E-state index contributed by atoms with van der Waals surface area (Å²) in [6.45, 7) is 5.54. The highest BCUT2D eigenvalue weighted by Crippen LogP contribution is 2.30. The second-order valence-electron chi connectivity index (χ2n) is 8.79. The second kappa shape index (κ2) is 7.80. The Bertz CT molecular complexity index is 1150. The van der Waals surface area contributed by atoms with Crippen molar-refractivity contribution in [3.8, 4) is 11.3 Å². The quantitative estimate of drug-likeness (QED) is 0.600. The number of aryl methyl sites for hydroxylation is 1. The highest BCUT2D eigenvalue weighted by atomic mass is 35.5. The van der Waals surface area contributed by atoms with Crippen LogP contribution in [-0.2, 0) is 4.74 Å². The maximum atomic E-state index is 12.4. The van der Waals surface area contributed by atoms with Crippen molar-refractivity contribution in [2.45, 2.75) is 51.2 Å². The topological polar surface area (TPSA) is 80.6 Å². The standard InChI is InChI=1S/C23H26ClN5O2/c1-14-10-15(4-7-17(14)22(30)27-16-5-6-16)19-12-25-21-18(11-20(24)28-29(19)21)26-13-23(2)8-3-9-31-23/h4,7,10-12,16,26H,3,5-6,8-9,13H2,1-2H3,(H,27,30). The summed E-state index contributed by atoms with van der Waals surface area (Å²) in [5, 5.41) is 11.3. The molecule has 31 heavy (non-hydrogen) atoms. The van der Waals surface area contributed by atoms with Gasteiger partial charge in [0, 0.05) is 36.4 Å². The lowest BCUT2D eigenvalue weighted by Crippen LogP contribution is -2.32. The smallest absolute Gasteiger partial charge is 0.251 e. The lowest BCUT2D eigenvalue weighted by Gasteiger charge is -2.24. The van der Waals surface area contributed by atoms with Crippen LogP contribution < -0.4 is 10.6 Å². The Balaban J connectivity index is 1.44. The maximum Gasteiger partial charge on any atom is 0.251 e. The number of hydrogen-bond acceptors (Lipinski definition) is 5. The predicted octanol–water partition coefficient (Wildman–Crippen LogP) is 4.23. The van der Waals surface area contributed by atoms with Crippen LogP contribution in [0, 0.1) is 6.92 Å². The lowest BCUT2D eigenvalue weighted by molar-refractivity contribution is 0.0315. The molecule has 8 heteroatoms. The average molecular weight is 440 g/mol. The molecule has 1 unspecified atom stereocenters. The molecule has 2 aliphatic rings. The van der Waals surface area contributed by atoms with Crippen LogP contribution in [0.15, 0.2) is 30.5 Å². The Labute approximate surface area is 186 Å². The van der Waals surface area contributed by atoms with E-state index >= 15 is 0 Å². The van der Waals surface area contributed by atoms with Crippen molar-refractivity contribution in [2.75, 3.05) is 18.5 Å². The molecule has 2 aromatic heterocycles. The largest absolute Gasteiger partial charge is 0.379 e. The fourth-order valence-electron chi connectivity index (χ4n) is 4.09. The van der Waals surface area contributed by atoms with E-state index < -0.39 is 0 Å². The first-order valence-electron chi connectivity index (χ1n) is 10.8. The average Bonchev–Trinajstić information content (AvgIpc) is 3.27. The molecule has 3 aromatic rings. The van der Waals surface area contributed by atoms with Gasteiger partial charge in [-0.3, -0.25) is 4.79 Å². The van der Waals surface area contributed by atoms with Crippen LogP contribution >= 0.6 is 11.6 Å². The van der Waals surface area contributed by atoms with Gasteiger partial charge in [0.1, 0.15) is 0 Å². The molecule has 1 aliphatic carbocycles. The monoisotopic (exact) mass is 439 g/mol. The number of amides is 1. The summed E-state index contributed by atoms with van der Waals surface area (Å²) < 4.78 is 7.63. The van der Waals surface area contributed by atoms with Crippen LogP contribution in [0.3, 0.4) is 0 Å². The minimum atomic E-state index is -0.184. The Morgan fingerprint density at radius 2 is 2.19 bits per heavy atom.